The summed E-state index contributed by atoms with van der Waals surface area (Å²) in [6.45, 7) is 5.50. The van der Waals surface area contributed by atoms with Crippen molar-refractivity contribution in [3.8, 4) is 11.1 Å². The number of piperazine rings is 1. The molecule has 2 aromatic heterocycles. The summed E-state index contributed by atoms with van der Waals surface area (Å²) in [6, 6.07) is 17.4. The fourth-order valence-corrected chi connectivity index (χ4v) is 5.23. The van der Waals surface area contributed by atoms with Crippen LogP contribution in [0.15, 0.2) is 60.8 Å². The van der Waals surface area contributed by atoms with Crippen molar-refractivity contribution in [3.05, 3.63) is 71.5 Å². The first-order valence-electron chi connectivity index (χ1n) is 12.4. The van der Waals surface area contributed by atoms with Crippen LogP contribution in [-0.4, -0.2) is 59.8 Å². The van der Waals surface area contributed by atoms with Gasteiger partial charge in [0.05, 0.1) is 17.6 Å². The van der Waals surface area contributed by atoms with E-state index in [0.29, 0.717) is 16.4 Å². The average Bonchev–Trinajstić information content (AvgIpc) is 3.59. The van der Waals surface area contributed by atoms with Crippen LogP contribution in [0, 0.1) is 0 Å². The molecule has 6 rings (SSSR count). The van der Waals surface area contributed by atoms with Crippen LogP contribution in [0.5, 0.6) is 0 Å². The van der Waals surface area contributed by atoms with Crippen molar-refractivity contribution in [3.63, 3.8) is 0 Å². The fourth-order valence-electron chi connectivity index (χ4n) is 5.04. The maximum absolute atomic E-state index is 13.6. The molecule has 0 unspecified atom stereocenters. The van der Waals surface area contributed by atoms with E-state index in [9.17, 15) is 4.79 Å². The van der Waals surface area contributed by atoms with E-state index in [1.54, 1.807) is 6.20 Å². The third-order valence-electron chi connectivity index (χ3n) is 6.86. The third-order valence-corrected chi connectivity index (χ3v) is 7.10. The number of rotatable bonds is 5. The van der Waals surface area contributed by atoms with Crippen molar-refractivity contribution in [1.82, 2.24) is 19.9 Å². The van der Waals surface area contributed by atoms with Crippen molar-refractivity contribution in [2.24, 2.45) is 0 Å². The van der Waals surface area contributed by atoms with Crippen LogP contribution in [0.25, 0.3) is 16.8 Å². The Bertz CT molecular complexity index is 1410. The summed E-state index contributed by atoms with van der Waals surface area (Å²) in [5.41, 5.74) is 4.58. The average molecular weight is 502 g/mol. The quantitative estimate of drug-likeness (QED) is 0.424. The number of hydrogen-bond acceptors (Lipinski definition) is 6. The smallest absolute Gasteiger partial charge is 0.274 e. The van der Waals surface area contributed by atoms with Crippen LogP contribution in [0.1, 0.15) is 23.3 Å². The van der Waals surface area contributed by atoms with Gasteiger partial charge in [-0.2, -0.15) is 9.61 Å². The van der Waals surface area contributed by atoms with E-state index in [-0.39, 0.29) is 5.91 Å². The molecule has 2 aliphatic rings. The SMILES string of the molecule is O=C(Nc1ccccc1N1CCNCC1)c1cc(N2CCCC2)n2ncc(-c3cccc(Cl)c3)c2n1. The number of amides is 1. The van der Waals surface area contributed by atoms with Crippen molar-refractivity contribution < 1.29 is 4.79 Å². The molecular formula is C27H28ClN7O. The van der Waals surface area contributed by atoms with Gasteiger partial charge in [-0.25, -0.2) is 4.98 Å². The number of carbonyl (C=O) groups excluding carboxylic acids is 1. The molecule has 2 fully saturated rings. The molecule has 0 radical (unpaired) electrons. The minimum absolute atomic E-state index is 0.237. The zero-order valence-electron chi connectivity index (χ0n) is 20.0. The molecule has 2 aliphatic heterocycles. The number of hydrogen-bond donors (Lipinski definition) is 2. The van der Waals surface area contributed by atoms with Crippen molar-refractivity contribution in [2.45, 2.75) is 12.8 Å². The molecule has 4 heterocycles. The first-order valence-corrected chi connectivity index (χ1v) is 12.8. The molecule has 0 bridgehead atoms. The Morgan fingerprint density at radius 2 is 1.75 bits per heavy atom. The zero-order chi connectivity index (χ0) is 24.5. The number of aromatic nitrogens is 3. The Hall–Kier alpha value is -3.62. The standard InChI is InChI=1S/C27H28ClN7O/c28-20-7-5-6-19(16-20)21-18-30-35-25(34-12-3-4-13-34)17-23(31-26(21)35)27(36)32-22-8-1-2-9-24(22)33-14-10-29-11-15-33/h1-2,5-9,16-18,29H,3-4,10-15H2,(H,32,36). The molecule has 184 valence electrons. The molecule has 36 heavy (non-hydrogen) atoms. The van der Waals surface area contributed by atoms with E-state index in [1.165, 1.54) is 0 Å². The summed E-state index contributed by atoms with van der Waals surface area (Å²) < 4.78 is 1.84. The number of fused-ring (bicyclic) bond motifs is 1. The van der Waals surface area contributed by atoms with E-state index in [4.69, 9.17) is 16.6 Å². The molecule has 9 heteroatoms. The van der Waals surface area contributed by atoms with Gasteiger partial charge in [-0.05, 0) is 42.7 Å². The molecule has 0 saturated carbocycles. The molecular weight excluding hydrogens is 474 g/mol. The van der Waals surface area contributed by atoms with Crippen LogP contribution < -0.4 is 20.4 Å². The van der Waals surface area contributed by atoms with E-state index < -0.39 is 0 Å². The van der Waals surface area contributed by atoms with Gasteiger partial charge in [0.2, 0.25) is 0 Å². The van der Waals surface area contributed by atoms with Gasteiger partial charge in [0.25, 0.3) is 5.91 Å². The number of halogens is 1. The highest BCUT2D eigenvalue weighted by atomic mass is 35.5. The summed E-state index contributed by atoms with van der Waals surface area (Å²) >= 11 is 6.27. The molecule has 1 amide bonds. The zero-order valence-corrected chi connectivity index (χ0v) is 20.7. The lowest BCUT2D eigenvalue weighted by atomic mass is 10.1. The fraction of sp³-hybridized carbons (Fsp3) is 0.296. The van der Waals surface area contributed by atoms with Crippen LogP contribution in [-0.2, 0) is 0 Å². The largest absolute Gasteiger partial charge is 0.367 e. The lowest BCUT2D eigenvalue weighted by Crippen LogP contribution is -2.43. The molecule has 2 saturated heterocycles. The number of para-hydroxylation sites is 2. The number of anilines is 3. The second-order valence-electron chi connectivity index (χ2n) is 9.21. The molecule has 4 aromatic rings. The molecule has 8 nitrogen and oxygen atoms in total. The normalized spacial score (nSPS) is 16.0. The van der Waals surface area contributed by atoms with Gasteiger partial charge in [-0.3, -0.25) is 4.79 Å². The van der Waals surface area contributed by atoms with E-state index in [0.717, 1.165) is 80.4 Å². The number of carbonyl (C=O) groups is 1. The van der Waals surface area contributed by atoms with Gasteiger partial charge in [0.15, 0.2) is 5.65 Å². The van der Waals surface area contributed by atoms with Crippen molar-refractivity contribution in [2.75, 3.05) is 54.4 Å². The maximum Gasteiger partial charge on any atom is 0.274 e. The second kappa shape index (κ2) is 9.79. The molecule has 0 aliphatic carbocycles. The van der Waals surface area contributed by atoms with Gasteiger partial charge >= 0.3 is 0 Å². The van der Waals surface area contributed by atoms with E-state index in [1.807, 2.05) is 53.0 Å². The highest BCUT2D eigenvalue weighted by molar-refractivity contribution is 6.30. The lowest BCUT2D eigenvalue weighted by molar-refractivity contribution is 0.102. The van der Waals surface area contributed by atoms with E-state index in [2.05, 4.69) is 31.6 Å². The van der Waals surface area contributed by atoms with Crippen LogP contribution in [0.2, 0.25) is 5.02 Å². The maximum atomic E-state index is 13.6. The van der Waals surface area contributed by atoms with Crippen LogP contribution >= 0.6 is 11.6 Å². The van der Waals surface area contributed by atoms with E-state index >= 15 is 0 Å². The monoisotopic (exact) mass is 501 g/mol. The predicted molar refractivity (Wildman–Crippen MR) is 144 cm³/mol. The first kappa shape index (κ1) is 22.8. The number of nitrogens with one attached hydrogen (secondary N) is 2. The molecule has 0 spiro atoms. The summed E-state index contributed by atoms with van der Waals surface area (Å²) in [5, 5.41) is 11.8. The first-order chi connectivity index (χ1) is 17.7. The molecule has 2 aromatic carbocycles. The van der Waals surface area contributed by atoms with Gasteiger partial charge in [-0.1, -0.05) is 35.9 Å². The number of benzene rings is 2. The van der Waals surface area contributed by atoms with Crippen molar-refractivity contribution >= 4 is 40.3 Å². The predicted octanol–water partition coefficient (Wildman–Crippen LogP) is 4.31. The summed E-state index contributed by atoms with van der Waals surface area (Å²) in [5.74, 6) is 0.644. The van der Waals surface area contributed by atoms with Crippen molar-refractivity contribution in [1.29, 1.82) is 0 Å². The second-order valence-corrected chi connectivity index (χ2v) is 9.64. The Morgan fingerprint density at radius 3 is 2.56 bits per heavy atom. The Labute approximate surface area is 214 Å². The minimum atomic E-state index is -0.237. The Balaban J connectivity index is 1.40. The Kier molecular flexibility index (Phi) is 6.21. The highest BCUT2D eigenvalue weighted by Gasteiger charge is 2.23. The van der Waals surface area contributed by atoms with Crippen LogP contribution in [0.3, 0.4) is 0 Å². The highest BCUT2D eigenvalue weighted by Crippen LogP contribution is 2.31. The minimum Gasteiger partial charge on any atom is -0.367 e. The number of nitrogens with zero attached hydrogens (tertiary/aromatic N) is 5. The Morgan fingerprint density at radius 1 is 0.944 bits per heavy atom. The van der Waals surface area contributed by atoms with Gasteiger partial charge < -0.3 is 20.4 Å². The van der Waals surface area contributed by atoms with Gasteiger partial charge in [0.1, 0.15) is 11.5 Å². The van der Waals surface area contributed by atoms with Crippen LogP contribution in [0.4, 0.5) is 17.2 Å². The summed E-state index contributed by atoms with van der Waals surface area (Å²) in [6.07, 6.45) is 4.03. The third kappa shape index (κ3) is 4.38. The lowest BCUT2D eigenvalue weighted by Gasteiger charge is -2.31. The topological polar surface area (TPSA) is 77.8 Å². The summed E-state index contributed by atoms with van der Waals surface area (Å²) in [7, 11) is 0. The summed E-state index contributed by atoms with van der Waals surface area (Å²) in [4.78, 5) is 23.0. The molecule has 0 atom stereocenters. The van der Waals surface area contributed by atoms with Gasteiger partial charge in [-0.15, -0.1) is 0 Å². The molecule has 2 N–H and O–H groups in total. The van der Waals surface area contributed by atoms with Gasteiger partial charge in [0, 0.05) is 55.9 Å².